The minimum absolute atomic E-state index is 0.279. The molecule has 0 aliphatic carbocycles. The molecule has 1 aliphatic rings. The highest BCUT2D eigenvalue weighted by molar-refractivity contribution is 9.10. The number of hydrogen-bond donors (Lipinski definition) is 2. The summed E-state index contributed by atoms with van der Waals surface area (Å²) >= 11 is 3.40. The first-order chi connectivity index (χ1) is 8.93. The molecule has 0 spiro atoms. The first kappa shape index (κ1) is 14.3. The van der Waals surface area contributed by atoms with E-state index in [4.69, 9.17) is 5.73 Å². The van der Waals surface area contributed by atoms with Gasteiger partial charge in [0.15, 0.2) is 0 Å². The number of halogens is 1. The quantitative estimate of drug-likeness (QED) is 0.892. The third-order valence-electron chi connectivity index (χ3n) is 3.73. The molecule has 0 bridgehead atoms. The van der Waals surface area contributed by atoms with Gasteiger partial charge in [-0.3, -0.25) is 9.69 Å². The predicted molar refractivity (Wildman–Crippen MR) is 81.0 cm³/mol. The highest BCUT2D eigenvalue weighted by Crippen LogP contribution is 2.28. The zero-order valence-electron chi connectivity index (χ0n) is 11.3. The Hall–Kier alpha value is -1.07. The summed E-state index contributed by atoms with van der Waals surface area (Å²) in [5.41, 5.74) is 5.90. The number of carbonyl (C=O) groups is 1. The fraction of sp³-hybridized carbons (Fsp3) is 0.500. The Morgan fingerprint density at radius 1 is 1.42 bits per heavy atom. The number of nitrogens with zero attached hydrogens (tertiary/aromatic N) is 1. The molecule has 1 heterocycles. The molecule has 1 aliphatic heterocycles. The lowest BCUT2D eigenvalue weighted by Crippen LogP contribution is -2.53. The van der Waals surface area contributed by atoms with Crippen molar-refractivity contribution in [3.8, 4) is 0 Å². The van der Waals surface area contributed by atoms with Gasteiger partial charge in [-0.1, -0.05) is 15.9 Å². The van der Waals surface area contributed by atoms with Crippen LogP contribution in [0.15, 0.2) is 28.7 Å². The van der Waals surface area contributed by atoms with Crippen molar-refractivity contribution in [2.24, 2.45) is 5.73 Å². The number of carbonyl (C=O) groups excluding carboxylic acids is 1. The van der Waals surface area contributed by atoms with Crippen LogP contribution in [0.2, 0.25) is 0 Å². The highest BCUT2D eigenvalue weighted by atomic mass is 79.9. The van der Waals surface area contributed by atoms with Crippen LogP contribution in [0.4, 0.5) is 5.69 Å². The topological polar surface area (TPSA) is 58.4 Å². The van der Waals surface area contributed by atoms with E-state index in [-0.39, 0.29) is 5.91 Å². The standard InChI is InChI=1S/C14H20BrN3O/c1-10(2)18-8-7-14(9-18,13(16)19)17-12-5-3-11(15)4-6-12/h3-6,10,17H,7-9H2,1-2H3,(H2,16,19). The molecule has 1 saturated heterocycles. The predicted octanol–water partition coefficient (Wildman–Crippen LogP) is 2.20. The average Bonchev–Trinajstić information content (AvgIpc) is 2.78. The van der Waals surface area contributed by atoms with Gasteiger partial charge in [0.25, 0.3) is 0 Å². The lowest BCUT2D eigenvalue weighted by atomic mass is 9.97. The van der Waals surface area contributed by atoms with Crippen molar-refractivity contribution >= 4 is 27.5 Å². The molecule has 1 aromatic rings. The molecule has 1 unspecified atom stereocenters. The van der Waals surface area contributed by atoms with Gasteiger partial charge in [-0.05, 0) is 44.5 Å². The summed E-state index contributed by atoms with van der Waals surface area (Å²) in [5, 5.41) is 3.33. The Bertz CT molecular complexity index is 460. The van der Waals surface area contributed by atoms with E-state index in [1.807, 2.05) is 24.3 Å². The minimum atomic E-state index is -0.655. The van der Waals surface area contributed by atoms with Crippen molar-refractivity contribution in [1.82, 2.24) is 4.90 Å². The number of hydrogen-bond acceptors (Lipinski definition) is 3. The monoisotopic (exact) mass is 325 g/mol. The Balaban J connectivity index is 2.17. The molecule has 1 fully saturated rings. The second-order valence-electron chi connectivity index (χ2n) is 5.39. The largest absolute Gasteiger partial charge is 0.370 e. The maximum atomic E-state index is 11.9. The minimum Gasteiger partial charge on any atom is -0.370 e. The van der Waals surface area contributed by atoms with E-state index < -0.39 is 5.54 Å². The van der Waals surface area contributed by atoms with Crippen LogP contribution < -0.4 is 11.1 Å². The normalized spacial score (nSPS) is 23.8. The molecule has 3 N–H and O–H groups in total. The molecule has 0 radical (unpaired) electrons. The van der Waals surface area contributed by atoms with Crippen molar-refractivity contribution in [2.45, 2.75) is 31.8 Å². The molecular weight excluding hydrogens is 306 g/mol. The van der Waals surface area contributed by atoms with E-state index in [1.165, 1.54) is 0 Å². The zero-order chi connectivity index (χ0) is 14.0. The van der Waals surface area contributed by atoms with Crippen molar-refractivity contribution in [3.63, 3.8) is 0 Å². The average molecular weight is 326 g/mol. The van der Waals surface area contributed by atoms with Gasteiger partial charge in [-0.2, -0.15) is 0 Å². The Morgan fingerprint density at radius 3 is 2.53 bits per heavy atom. The number of anilines is 1. The molecule has 4 nitrogen and oxygen atoms in total. The molecule has 1 amide bonds. The van der Waals surface area contributed by atoms with Crippen molar-refractivity contribution < 1.29 is 4.79 Å². The summed E-state index contributed by atoms with van der Waals surface area (Å²) < 4.78 is 1.02. The van der Waals surface area contributed by atoms with Crippen LogP contribution in [0.25, 0.3) is 0 Å². The van der Waals surface area contributed by atoms with E-state index in [9.17, 15) is 4.79 Å². The molecule has 5 heteroatoms. The van der Waals surface area contributed by atoms with Crippen molar-refractivity contribution in [2.75, 3.05) is 18.4 Å². The van der Waals surface area contributed by atoms with Crippen LogP contribution in [0.5, 0.6) is 0 Å². The van der Waals surface area contributed by atoms with E-state index in [1.54, 1.807) is 0 Å². The van der Waals surface area contributed by atoms with Gasteiger partial charge < -0.3 is 11.1 Å². The number of nitrogens with two attached hydrogens (primary N) is 1. The summed E-state index contributed by atoms with van der Waals surface area (Å²) in [4.78, 5) is 14.2. The van der Waals surface area contributed by atoms with E-state index >= 15 is 0 Å². The summed E-state index contributed by atoms with van der Waals surface area (Å²) in [6.45, 7) is 5.83. The maximum Gasteiger partial charge on any atom is 0.244 e. The number of amides is 1. The Kier molecular flexibility index (Phi) is 4.16. The van der Waals surface area contributed by atoms with Crippen molar-refractivity contribution in [3.05, 3.63) is 28.7 Å². The fourth-order valence-electron chi connectivity index (χ4n) is 2.45. The summed E-state index contributed by atoms with van der Waals surface area (Å²) in [7, 11) is 0. The molecule has 104 valence electrons. The number of nitrogens with one attached hydrogen (secondary N) is 1. The first-order valence-electron chi connectivity index (χ1n) is 6.51. The maximum absolute atomic E-state index is 11.9. The van der Waals surface area contributed by atoms with E-state index in [0.717, 1.165) is 23.1 Å². The van der Waals surface area contributed by atoms with Gasteiger partial charge in [0.05, 0.1) is 0 Å². The van der Waals surface area contributed by atoms with Crippen LogP contribution in [0, 0.1) is 0 Å². The van der Waals surface area contributed by atoms with Gasteiger partial charge in [0, 0.05) is 29.3 Å². The molecule has 2 rings (SSSR count). The highest BCUT2D eigenvalue weighted by Gasteiger charge is 2.43. The van der Waals surface area contributed by atoms with Crippen LogP contribution in [0.1, 0.15) is 20.3 Å². The Labute approximate surface area is 122 Å². The summed E-state index contributed by atoms with van der Waals surface area (Å²) in [6, 6.07) is 8.23. The van der Waals surface area contributed by atoms with Crippen LogP contribution in [0.3, 0.4) is 0 Å². The Morgan fingerprint density at radius 2 is 2.05 bits per heavy atom. The number of benzene rings is 1. The molecule has 0 saturated carbocycles. The van der Waals surface area contributed by atoms with Gasteiger partial charge in [0.2, 0.25) is 5.91 Å². The van der Waals surface area contributed by atoms with Gasteiger partial charge in [0.1, 0.15) is 5.54 Å². The SMILES string of the molecule is CC(C)N1CCC(Nc2ccc(Br)cc2)(C(N)=O)C1. The van der Waals surface area contributed by atoms with Gasteiger partial charge in [-0.15, -0.1) is 0 Å². The molecule has 19 heavy (non-hydrogen) atoms. The smallest absolute Gasteiger partial charge is 0.244 e. The third kappa shape index (κ3) is 3.09. The molecular formula is C14H20BrN3O. The summed E-state index contributed by atoms with van der Waals surface area (Å²) in [6.07, 6.45) is 0.747. The third-order valence-corrected chi connectivity index (χ3v) is 4.26. The van der Waals surface area contributed by atoms with Crippen LogP contribution in [-0.2, 0) is 4.79 Å². The van der Waals surface area contributed by atoms with E-state index in [2.05, 4.69) is 40.0 Å². The second kappa shape index (κ2) is 5.51. The first-order valence-corrected chi connectivity index (χ1v) is 7.30. The number of likely N-dealkylation sites (tertiary alicyclic amines) is 1. The lowest BCUT2D eigenvalue weighted by molar-refractivity contribution is -0.122. The zero-order valence-corrected chi connectivity index (χ0v) is 12.9. The number of rotatable bonds is 4. The molecule has 0 aromatic heterocycles. The summed E-state index contributed by atoms with van der Waals surface area (Å²) in [5.74, 6) is -0.279. The fourth-order valence-corrected chi connectivity index (χ4v) is 2.72. The van der Waals surface area contributed by atoms with E-state index in [0.29, 0.717) is 12.6 Å². The van der Waals surface area contributed by atoms with Gasteiger partial charge in [-0.25, -0.2) is 0 Å². The molecule has 1 atom stereocenters. The molecule has 1 aromatic carbocycles. The van der Waals surface area contributed by atoms with Crippen LogP contribution in [-0.4, -0.2) is 35.5 Å². The van der Waals surface area contributed by atoms with Gasteiger partial charge >= 0.3 is 0 Å². The van der Waals surface area contributed by atoms with Crippen LogP contribution >= 0.6 is 15.9 Å². The number of primary amides is 1. The lowest BCUT2D eigenvalue weighted by Gasteiger charge is -2.29. The van der Waals surface area contributed by atoms with Crippen molar-refractivity contribution in [1.29, 1.82) is 0 Å². The second-order valence-corrected chi connectivity index (χ2v) is 6.31.